The Bertz CT molecular complexity index is 566. The van der Waals surface area contributed by atoms with Crippen molar-refractivity contribution in [1.29, 1.82) is 0 Å². The third-order valence-electron chi connectivity index (χ3n) is 3.41. The molecule has 106 valence electrons. The molecule has 0 radical (unpaired) electrons. The Balaban J connectivity index is 2.24. The van der Waals surface area contributed by atoms with E-state index in [-0.39, 0.29) is 0 Å². The van der Waals surface area contributed by atoms with E-state index in [9.17, 15) is 0 Å². The minimum atomic E-state index is 0.318. The van der Waals surface area contributed by atoms with Gasteiger partial charge in [-0.15, -0.1) is 0 Å². The lowest BCUT2D eigenvalue weighted by atomic mass is 9.95. The maximum Gasteiger partial charge on any atom is 0.0408 e. The number of halogens is 2. The predicted molar refractivity (Wildman–Crippen MR) is 90.5 cm³/mol. The van der Waals surface area contributed by atoms with Gasteiger partial charge in [0.05, 0.1) is 0 Å². The summed E-state index contributed by atoms with van der Waals surface area (Å²) in [6, 6.07) is 15.0. The maximum absolute atomic E-state index is 6.05. The maximum atomic E-state index is 6.05. The van der Waals surface area contributed by atoms with Crippen molar-refractivity contribution in [2.75, 3.05) is 6.54 Å². The molecular weight excluding hydrogens is 334 g/mol. The average molecular weight is 353 g/mol. The summed E-state index contributed by atoms with van der Waals surface area (Å²) < 4.78 is 1.11. The highest BCUT2D eigenvalue weighted by Gasteiger charge is 2.13. The second-order valence-corrected chi connectivity index (χ2v) is 6.29. The van der Waals surface area contributed by atoms with Crippen molar-refractivity contribution >= 4 is 27.5 Å². The third kappa shape index (κ3) is 4.08. The zero-order valence-corrected chi connectivity index (χ0v) is 14.1. The van der Waals surface area contributed by atoms with Gasteiger partial charge in [-0.05, 0) is 60.8 Å². The van der Waals surface area contributed by atoms with Crippen molar-refractivity contribution < 1.29 is 0 Å². The van der Waals surface area contributed by atoms with Crippen LogP contribution in [-0.2, 0) is 6.42 Å². The highest BCUT2D eigenvalue weighted by Crippen LogP contribution is 2.25. The zero-order valence-electron chi connectivity index (χ0n) is 11.8. The lowest BCUT2D eigenvalue weighted by molar-refractivity contribution is 0.547. The SMILES string of the molecule is CCNC(Cc1ccc(Br)cc1)c1ccc(Cl)cc1C. The van der Waals surface area contributed by atoms with Gasteiger partial charge >= 0.3 is 0 Å². The highest BCUT2D eigenvalue weighted by atomic mass is 79.9. The summed E-state index contributed by atoms with van der Waals surface area (Å²) in [6.45, 7) is 5.20. The van der Waals surface area contributed by atoms with Crippen LogP contribution in [0.5, 0.6) is 0 Å². The van der Waals surface area contributed by atoms with Gasteiger partial charge in [0.15, 0.2) is 0 Å². The van der Waals surface area contributed by atoms with Gasteiger partial charge in [0.1, 0.15) is 0 Å². The molecule has 0 bridgehead atoms. The van der Waals surface area contributed by atoms with E-state index in [4.69, 9.17) is 11.6 Å². The molecule has 0 saturated carbocycles. The fraction of sp³-hybridized carbons (Fsp3) is 0.294. The van der Waals surface area contributed by atoms with Crippen molar-refractivity contribution in [3.63, 3.8) is 0 Å². The summed E-state index contributed by atoms with van der Waals surface area (Å²) in [6.07, 6.45) is 0.976. The lowest BCUT2D eigenvalue weighted by Gasteiger charge is -2.21. The van der Waals surface area contributed by atoms with E-state index in [0.717, 1.165) is 22.5 Å². The Morgan fingerprint density at radius 2 is 1.85 bits per heavy atom. The van der Waals surface area contributed by atoms with E-state index in [0.29, 0.717) is 6.04 Å². The van der Waals surface area contributed by atoms with Gasteiger partial charge in [0, 0.05) is 15.5 Å². The zero-order chi connectivity index (χ0) is 14.5. The molecule has 1 nitrogen and oxygen atoms in total. The van der Waals surface area contributed by atoms with Crippen LogP contribution in [0.25, 0.3) is 0 Å². The summed E-state index contributed by atoms with van der Waals surface area (Å²) in [7, 11) is 0. The minimum Gasteiger partial charge on any atom is -0.310 e. The van der Waals surface area contributed by atoms with E-state index >= 15 is 0 Å². The molecule has 0 aliphatic rings. The number of rotatable bonds is 5. The topological polar surface area (TPSA) is 12.0 Å². The molecule has 20 heavy (non-hydrogen) atoms. The first kappa shape index (κ1) is 15.6. The second-order valence-electron chi connectivity index (χ2n) is 4.94. The lowest BCUT2D eigenvalue weighted by Crippen LogP contribution is -2.23. The van der Waals surface area contributed by atoms with Gasteiger partial charge in [-0.25, -0.2) is 0 Å². The minimum absolute atomic E-state index is 0.318. The molecule has 0 spiro atoms. The molecule has 1 atom stereocenters. The molecule has 1 N–H and O–H groups in total. The predicted octanol–water partition coefficient (Wildman–Crippen LogP) is 5.30. The second kappa shape index (κ2) is 7.26. The molecule has 1 unspecified atom stereocenters. The molecule has 2 aromatic rings. The van der Waals surface area contributed by atoms with Crippen LogP contribution in [0.1, 0.15) is 29.7 Å². The molecular formula is C17H19BrClN. The van der Waals surface area contributed by atoms with E-state index in [1.165, 1.54) is 16.7 Å². The molecule has 0 aromatic heterocycles. The van der Waals surface area contributed by atoms with Crippen molar-refractivity contribution in [1.82, 2.24) is 5.32 Å². The van der Waals surface area contributed by atoms with Crippen molar-refractivity contribution in [2.45, 2.75) is 26.3 Å². The fourth-order valence-electron chi connectivity index (χ4n) is 2.42. The van der Waals surface area contributed by atoms with Crippen molar-refractivity contribution in [2.24, 2.45) is 0 Å². The number of likely N-dealkylation sites (N-methyl/N-ethyl adjacent to an activating group) is 1. The van der Waals surface area contributed by atoms with Gasteiger partial charge in [-0.1, -0.05) is 52.7 Å². The number of hydrogen-bond acceptors (Lipinski definition) is 1. The Morgan fingerprint density at radius 1 is 1.15 bits per heavy atom. The van der Waals surface area contributed by atoms with E-state index in [1.54, 1.807) is 0 Å². The monoisotopic (exact) mass is 351 g/mol. The Kier molecular flexibility index (Phi) is 5.64. The van der Waals surface area contributed by atoms with Gasteiger partial charge in [-0.2, -0.15) is 0 Å². The van der Waals surface area contributed by atoms with Crippen LogP contribution in [0.15, 0.2) is 46.9 Å². The van der Waals surface area contributed by atoms with Crippen LogP contribution in [-0.4, -0.2) is 6.54 Å². The number of nitrogens with one attached hydrogen (secondary N) is 1. The molecule has 0 aliphatic heterocycles. The number of aryl methyl sites for hydroxylation is 1. The molecule has 0 amide bonds. The first-order valence-corrected chi connectivity index (χ1v) is 8.01. The third-order valence-corrected chi connectivity index (χ3v) is 4.17. The molecule has 2 rings (SSSR count). The van der Waals surface area contributed by atoms with Crippen LogP contribution in [0, 0.1) is 6.92 Å². The fourth-order valence-corrected chi connectivity index (χ4v) is 2.92. The normalized spacial score (nSPS) is 12.4. The first-order chi connectivity index (χ1) is 9.60. The number of hydrogen-bond donors (Lipinski definition) is 1. The van der Waals surface area contributed by atoms with Gasteiger partial charge in [-0.3, -0.25) is 0 Å². The smallest absolute Gasteiger partial charge is 0.0408 e. The summed E-state index contributed by atoms with van der Waals surface area (Å²) >= 11 is 9.53. The quantitative estimate of drug-likeness (QED) is 0.769. The Labute approximate surface area is 134 Å². The Hall–Kier alpha value is -0.830. The van der Waals surface area contributed by atoms with Crippen molar-refractivity contribution in [3.8, 4) is 0 Å². The number of benzene rings is 2. The molecule has 0 aliphatic carbocycles. The van der Waals surface area contributed by atoms with Crippen LogP contribution >= 0.6 is 27.5 Å². The summed E-state index contributed by atoms with van der Waals surface area (Å²) in [4.78, 5) is 0. The van der Waals surface area contributed by atoms with Gasteiger partial charge in [0.2, 0.25) is 0 Å². The van der Waals surface area contributed by atoms with Crippen LogP contribution < -0.4 is 5.32 Å². The molecule has 0 saturated heterocycles. The van der Waals surface area contributed by atoms with Crippen LogP contribution in [0.3, 0.4) is 0 Å². The molecule has 3 heteroatoms. The largest absolute Gasteiger partial charge is 0.310 e. The van der Waals surface area contributed by atoms with E-state index < -0.39 is 0 Å². The molecule has 2 aromatic carbocycles. The van der Waals surface area contributed by atoms with Crippen molar-refractivity contribution in [3.05, 3.63) is 68.7 Å². The van der Waals surface area contributed by atoms with Gasteiger partial charge < -0.3 is 5.32 Å². The van der Waals surface area contributed by atoms with Crippen LogP contribution in [0.2, 0.25) is 5.02 Å². The van der Waals surface area contributed by atoms with Gasteiger partial charge in [0.25, 0.3) is 0 Å². The van der Waals surface area contributed by atoms with E-state index in [1.807, 2.05) is 12.1 Å². The standard InChI is InChI=1S/C17H19BrClN/c1-3-20-17(11-13-4-6-14(18)7-5-13)16-9-8-15(19)10-12(16)2/h4-10,17,20H,3,11H2,1-2H3. The summed E-state index contributed by atoms with van der Waals surface area (Å²) in [5.41, 5.74) is 3.88. The average Bonchev–Trinajstić information content (AvgIpc) is 2.41. The molecule has 0 heterocycles. The summed E-state index contributed by atoms with van der Waals surface area (Å²) in [5.74, 6) is 0. The Morgan fingerprint density at radius 3 is 2.45 bits per heavy atom. The summed E-state index contributed by atoms with van der Waals surface area (Å²) in [5, 5.41) is 4.36. The highest BCUT2D eigenvalue weighted by molar-refractivity contribution is 9.10. The first-order valence-electron chi connectivity index (χ1n) is 6.84. The van der Waals surface area contributed by atoms with Crippen LogP contribution in [0.4, 0.5) is 0 Å². The van der Waals surface area contributed by atoms with E-state index in [2.05, 4.69) is 65.4 Å². The molecule has 0 fully saturated rings.